The van der Waals surface area contributed by atoms with Gasteiger partial charge in [0, 0.05) is 25.4 Å². The van der Waals surface area contributed by atoms with Gasteiger partial charge in [-0.05, 0) is 31.0 Å². The fourth-order valence-electron chi connectivity index (χ4n) is 2.71. The van der Waals surface area contributed by atoms with E-state index in [1.165, 1.54) is 6.20 Å². The molecule has 1 amide bonds. The SMILES string of the molecule is O=C(O)C1CCN(C(=O)c2cc(Oc3ccccc3)ccn2)CC1. The molecule has 0 aliphatic carbocycles. The average molecular weight is 326 g/mol. The van der Waals surface area contributed by atoms with Crippen molar-refractivity contribution in [2.75, 3.05) is 13.1 Å². The third-order valence-electron chi connectivity index (χ3n) is 4.06. The topological polar surface area (TPSA) is 79.7 Å². The van der Waals surface area contributed by atoms with Crippen LogP contribution >= 0.6 is 0 Å². The first-order valence-electron chi connectivity index (χ1n) is 7.84. The predicted octanol–water partition coefficient (Wildman–Crippen LogP) is 2.81. The maximum Gasteiger partial charge on any atom is 0.306 e. The highest BCUT2D eigenvalue weighted by Crippen LogP contribution is 2.23. The van der Waals surface area contributed by atoms with Gasteiger partial charge in [-0.15, -0.1) is 0 Å². The summed E-state index contributed by atoms with van der Waals surface area (Å²) in [6.45, 7) is 0.864. The number of hydrogen-bond acceptors (Lipinski definition) is 4. The van der Waals surface area contributed by atoms with Gasteiger partial charge in [-0.2, -0.15) is 0 Å². The molecule has 1 fully saturated rings. The summed E-state index contributed by atoms with van der Waals surface area (Å²) in [6, 6.07) is 12.6. The van der Waals surface area contributed by atoms with E-state index in [2.05, 4.69) is 4.98 Å². The van der Waals surface area contributed by atoms with Crippen LogP contribution in [-0.2, 0) is 4.79 Å². The molecule has 0 atom stereocenters. The number of carboxylic acid groups (broad SMARTS) is 1. The van der Waals surface area contributed by atoms with Crippen molar-refractivity contribution in [2.24, 2.45) is 5.92 Å². The maximum absolute atomic E-state index is 12.5. The Bertz CT molecular complexity index is 725. The minimum atomic E-state index is -0.793. The summed E-state index contributed by atoms with van der Waals surface area (Å²) in [5, 5.41) is 9.02. The Morgan fingerprint density at radius 3 is 2.46 bits per heavy atom. The molecule has 0 radical (unpaired) electrons. The number of piperidine rings is 1. The van der Waals surface area contributed by atoms with E-state index in [0.29, 0.717) is 43.1 Å². The van der Waals surface area contributed by atoms with Gasteiger partial charge in [0.1, 0.15) is 17.2 Å². The summed E-state index contributed by atoms with van der Waals surface area (Å²) in [5.41, 5.74) is 0.303. The number of ether oxygens (including phenoxy) is 1. The van der Waals surface area contributed by atoms with Gasteiger partial charge in [0.15, 0.2) is 0 Å². The van der Waals surface area contributed by atoms with E-state index >= 15 is 0 Å². The van der Waals surface area contributed by atoms with Crippen LogP contribution < -0.4 is 4.74 Å². The number of nitrogens with zero attached hydrogens (tertiary/aromatic N) is 2. The van der Waals surface area contributed by atoms with Crippen molar-refractivity contribution in [3.05, 3.63) is 54.4 Å². The zero-order chi connectivity index (χ0) is 16.9. The predicted molar refractivity (Wildman–Crippen MR) is 87.0 cm³/mol. The third-order valence-corrected chi connectivity index (χ3v) is 4.06. The number of amides is 1. The Morgan fingerprint density at radius 1 is 1.08 bits per heavy atom. The number of aromatic nitrogens is 1. The molecular weight excluding hydrogens is 308 g/mol. The van der Waals surface area contributed by atoms with Crippen LogP contribution in [0.1, 0.15) is 23.3 Å². The van der Waals surface area contributed by atoms with Crippen molar-refractivity contribution in [1.82, 2.24) is 9.88 Å². The normalized spacial score (nSPS) is 15.1. The van der Waals surface area contributed by atoms with E-state index in [-0.39, 0.29) is 11.8 Å². The summed E-state index contributed by atoms with van der Waals surface area (Å²) < 4.78 is 5.72. The van der Waals surface area contributed by atoms with Gasteiger partial charge in [0.05, 0.1) is 5.92 Å². The lowest BCUT2D eigenvalue weighted by Gasteiger charge is -2.29. The van der Waals surface area contributed by atoms with Gasteiger partial charge >= 0.3 is 5.97 Å². The number of likely N-dealkylation sites (tertiary alicyclic amines) is 1. The number of benzene rings is 1. The molecule has 1 N–H and O–H groups in total. The molecule has 0 bridgehead atoms. The summed E-state index contributed by atoms with van der Waals surface area (Å²) in [5.74, 6) is -0.130. The third kappa shape index (κ3) is 3.71. The highest BCUT2D eigenvalue weighted by atomic mass is 16.5. The van der Waals surface area contributed by atoms with Crippen molar-refractivity contribution >= 4 is 11.9 Å². The first-order valence-corrected chi connectivity index (χ1v) is 7.84. The molecule has 3 rings (SSSR count). The summed E-state index contributed by atoms with van der Waals surface area (Å²) in [6.07, 6.45) is 2.48. The van der Waals surface area contributed by atoms with Crippen LogP contribution in [0.2, 0.25) is 0 Å². The molecule has 0 unspecified atom stereocenters. The van der Waals surface area contributed by atoms with Gasteiger partial charge < -0.3 is 14.7 Å². The maximum atomic E-state index is 12.5. The number of aliphatic carboxylic acids is 1. The van der Waals surface area contributed by atoms with Gasteiger partial charge in [-0.1, -0.05) is 18.2 Å². The van der Waals surface area contributed by atoms with E-state index in [0.717, 1.165) is 0 Å². The number of para-hydroxylation sites is 1. The first kappa shape index (κ1) is 16.0. The first-order chi connectivity index (χ1) is 11.6. The monoisotopic (exact) mass is 326 g/mol. The van der Waals surface area contributed by atoms with Crippen molar-refractivity contribution in [3.63, 3.8) is 0 Å². The number of pyridine rings is 1. The second-order valence-electron chi connectivity index (χ2n) is 5.70. The molecule has 124 valence electrons. The molecule has 6 nitrogen and oxygen atoms in total. The Morgan fingerprint density at radius 2 is 1.79 bits per heavy atom. The van der Waals surface area contributed by atoms with Crippen LogP contribution in [0.25, 0.3) is 0 Å². The zero-order valence-electron chi connectivity index (χ0n) is 13.1. The van der Waals surface area contributed by atoms with Crippen LogP contribution in [0.5, 0.6) is 11.5 Å². The standard InChI is InChI=1S/C18H18N2O4/c21-17(20-10-7-13(8-11-20)18(22)23)16-12-15(6-9-19-16)24-14-4-2-1-3-5-14/h1-6,9,12-13H,7-8,10-11H2,(H,22,23). The lowest BCUT2D eigenvalue weighted by molar-refractivity contribution is -0.143. The van der Waals surface area contributed by atoms with Crippen molar-refractivity contribution in [2.45, 2.75) is 12.8 Å². The van der Waals surface area contributed by atoms with Crippen LogP contribution in [-0.4, -0.2) is 40.0 Å². The number of carbonyl (C=O) groups excluding carboxylic acids is 1. The molecule has 0 spiro atoms. The van der Waals surface area contributed by atoms with Crippen molar-refractivity contribution in [1.29, 1.82) is 0 Å². The van der Waals surface area contributed by atoms with Crippen molar-refractivity contribution < 1.29 is 19.4 Å². The summed E-state index contributed by atoms with van der Waals surface area (Å²) >= 11 is 0. The Balaban J connectivity index is 1.67. The Kier molecular flexibility index (Phi) is 4.74. The van der Waals surface area contributed by atoms with Crippen LogP contribution in [0, 0.1) is 5.92 Å². The molecule has 1 aromatic heterocycles. The minimum Gasteiger partial charge on any atom is -0.481 e. The molecular formula is C18H18N2O4. The zero-order valence-corrected chi connectivity index (χ0v) is 13.1. The molecule has 1 saturated heterocycles. The van der Waals surface area contributed by atoms with E-state index < -0.39 is 5.97 Å². The molecule has 1 aliphatic heterocycles. The molecule has 24 heavy (non-hydrogen) atoms. The summed E-state index contributed by atoms with van der Waals surface area (Å²) in [4.78, 5) is 29.3. The molecule has 1 aliphatic rings. The molecule has 1 aromatic carbocycles. The molecule has 0 saturated carbocycles. The van der Waals surface area contributed by atoms with Crippen LogP contribution in [0.4, 0.5) is 0 Å². The summed E-state index contributed by atoms with van der Waals surface area (Å²) in [7, 11) is 0. The Labute approximate surface area is 139 Å². The molecule has 6 heteroatoms. The molecule has 2 heterocycles. The number of carboxylic acids is 1. The van der Waals surface area contributed by atoms with Crippen LogP contribution in [0.15, 0.2) is 48.7 Å². The van der Waals surface area contributed by atoms with Gasteiger partial charge in [0.2, 0.25) is 0 Å². The van der Waals surface area contributed by atoms with E-state index in [9.17, 15) is 9.59 Å². The lowest BCUT2D eigenvalue weighted by atomic mass is 9.97. The molecule has 2 aromatic rings. The second-order valence-corrected chi connectivity index (χ2v) is 5.70. The van der Waals surface area contributed by atoms with E-state index in [1.54, 1.807) is 17.0 Å². The van der Waals surface area contributed by atoms with Gasteiger partial charge in [-0.25, -0.2) is 0 Å². The number of carbonyl (C=O) groups is 2. The number of rotatable bonds is 4. The lowest BCUT2D eigenvalue weighted by Crippen LogP contribution is -2.40. The fraction of sp³-hybridized carbons (Fsp3) is 0.278. The quantitative estimate of drug-likeness (QED) is 0.934. The highest BCUT2D eigenvalue weighted by molar-refractivity contribution is 5.92. The van der Waals surface area contributed by atoms with Gasteiger partial charge in [0.25, 0.3) is 5.91 Å². The fourth-order valence-corrected chi connectivity index (χ4v) is 2.71. The highest BCUT2D eigenvalue weighted by Gasteiger charge is 2.28. The van der Waals surface area contributed by atoms with E-state index in [4.69, 9.17) is 9.84 Å². The van der Waals surface area contributed by atoms with Crippen molar-refractivity contribution in [3.8, 4) is 11.5 Å². The smallest absolute Gasteiger partial charge is 0.306 e. The minimum absolute atomic E-state index is 0.197. The Hall–Kier alpha value is -2.89. The van der Waals surface area contributed by atoms with Crippen LogP contribution in [0.3, 0.4) is 0 Å². The largest absolute Gasteiger partial charge is 0.481 e. The van der Waals surface area contributed by atoms with E-state index in [1.807, 2.05) is 30.3 Å². The van der Waals surface area contributed by atoms with Gasteiger partial charge in [-0.3, -0.25) is 14.6 Å². The number of hydrogen-bond donors (Lipinski definition) is 1. The average Bonchev–Trinajstić information content (AvgIpc) is 2.62. The second kappa shape index (κ2) is 7.12.